The summed E-state index contributed by atoms with van der Waals surface area (Å²) >= 11 is 5.73. The molecular weight excluding hydrogens is 985 g/mol. The van der Waals surface area contributed by atoms with Crippen LogP contribution in [0, 0.1) is 55.4 Å². The highest BCUT2D eigenvalue weighted by atomic mass is 35.5. The van der Waals surface area contributed by atoms with Crippen LogP contribution in [-0.2, 0) is 0 Å². The first-order chi connectivity index (χ1) is 35.0. The van der Waals surface area contributed by atoms with Gasteiger partial charge in [0.15, 0.2) is 23.3 Å². The molecule has 0 radical (unpaired) electrons. The molecule has 0 aliphatic heterocycles. The number of nitrogens with one attached hydrogen (secondary N) is 2. The third-order valence-corrected chi connectivity index (χ3v) is 11.9. The molecule has 9 rings (SSSR count). The average molecular weight is 1040 g/mol. The number of hydrogen-bond acceptors (Lipinski definition) is 17. The molecule has 3 atom stereocenters. The summed E-state index contributed by atoms with van der Waals surface area (Å²) in [5.41, 5.74) is 14.4. The van der Waals surface area contributed by atoms with Crippen LogP contribution in [0.25, 0.3) is 51.5 Å². The predicted octanol–water partition coefficient (Wildman–Crippen LogP) is 9.75. The van der Waals surface area contributed by atoms with Gasteiger partial charge in [-0.1, -0.05) is 53.1 Å². The van der Waals surface area contributed by atoms with E-state index in [-0.39, 0.29) is 52.1 Å². The van der Waals surface area contributed by atoms with Crippen LogP contribution in [0.3, 0.4) is 0 Å². The van der Waals surface area contributed by atoms with E-state index in [4.69, 9.17) is 23.1 Å². The number of hydrogen-bond donors (Lipinski definition) is 4. The summed E-state index contributed by atoms with van der Waals surface area (Å²) in [5, 5.41) is 28.0. The second-order valence-corrected chi connectivity index (χ2v) is 18.3. The minimum absolute atomic E-state index is 0.0268. The Hall–Kier alpha value is -8.45. The summed E-state index contributed by atoms with van der Waals surface area (Å²) < 4.78 is 44.8. The molecule has 0 aliphatic rings. The molecule has 9 aromatic heterocycles. The van der Waals surface area contributed by atoms with Gasteiger partial charge in [0.05, 0.1) is 40.3 Å². The molecule has 0 aromatic carbocycles. The first-order valence-electron chi connectivity index (χ1n) is 23.0. The predicted molar refractivity (Wildman–Crippen MR) is 276 cm³/mol. The van der Waals surface area contributed by atoms with Crippen LogP contribution in [0.5, 0.6) is 0 Å². The topological polar surface area (TPSA) is 292 Å². The molecule has 0 fully saturated rings. The third kappa shape index (κ3) is 13.3. The van der Waals surface area contributed by atoms with Gasteiger partial charge >= 0.3 is 11.4 Å². The van der Waals surface area contributed by atoms with Crippen molar-refractivity contribution >= 4 is 57.2 Å². The molecule has 0 saturated heterocycles. The van der Waals surface area contributed by atoms with Gasteiger partial charge in [-0.3, -0.25) is 33.4 Å². The molecule has 0 saturated carbocycles. The van der Waals surface area contributed by atoms with Gasteiger partial charge in [-0.2, -0.15) is 0 Å². The maximum atomic E-state index is 13.5. The normalized spacial score (nSPS) is 12.4. The van der Waals surface area contributed by atoms with Crippen LogP contribution in [0.2, 0.25) is 5.15 Å². The zero-order valence-corrected chi connectivity index (χ0v) is 42.4. The summed E-state index contributed by atoms with van der Waals surface area (Å²) in [6.45, 7) is 18.5. The van der Waals surface area contributed by atoms with Crippen LogP contribution in [-0.4, -0.2) is 86.0 Å². The van der Waals surface area contributed by atoms with Crippen LogP contribution in [0.4, 0.5) is 41.9 Å². The van der Waals surface area contributed by atoms with E-state index >= 15 is 0 Å². The molecule has 6 N–H and O–H groups in total. The van der Waals surface area contributed by atoms with Crippen LogP contribution >= 0.6 is 11.6 Å². The van der Waals surface area contributed by atoms with Crippen molar-refractivity contribution in [3.63, 3.8) is 0 Å². The molecule has 0 amide bonds. The molecule has 9 heterocycles. The third-order valence-electron chi connectivity index (χ3n) is 11.6. The highest BCUT2D eigenvalue weighted by molar-refractivity contribution is 6.31. The lowest BCUT2D eigenvalue weighted by molar-refractivity contribution is -0.385. The number of rotatable bonds is 12. The molecule has 0 spiro atoms. The van der Waals surface area contributed by atoms with E-state index in [2.05, 4.69) is 90.1 Å². The maximum absolute atomic E-state index is 13.5. The highest BCUT2D eigenvalue weighted by Gasteiger charge is 2.23. The number of fused-ring (bicyclic) bond motifs is 3. The number of pyridine rings is 3. The quantitative estimate of drug-likeness (QED) is 0.0503. The standard InChI is InChI=1S/C16H17FN6O2.C16H19FN6.C11H5ClFN5O2.C5H13N/c1-9(2)10(3)20-16-13(23(24)25)7-19-15(21-16)12-6-18-14-5-4-11(17)8-22(12)14;1-9(2)10(3)21-15-12(18)6-20-16(22-15)13-7-19-14-5-4-11(17)8-23(13)14;12-10-7(18(19)20)3-15-11(16-10)8-4-14-9-2-1-6(13)5-17(8)9;1-4(2)5(3)6/h4-10H,1-3H3,(H,19,20,21);4-10H,18H2,1-3H3,(H,20,21,22);1-5H;4-5H,6H2,1-3H3/t2*10-;;5-/m11.1/s1. The smallest absolute Gasteiger partial charge is 0.329 e. The maximum Gasteiger partial charge on any atom is 0.329 e. The number of anilines is 3. The fraction of sp³-hybridized carbons (Fsp3) is 0.312. The van der Waals surface area contributed by atoms with Crippen LogP contribution < -0.4 is 22.1 Å². The lowest BCUT2D eigenvalue weighted by Crippen LogP contribution is -2.23. The van der Waals surface area contributed by atoms with Crippen LogP contribution in [0.1, 0.15) is 62.3 Å². The van der Waals surface area contributed by atoms with E-state index in [0.717, 1.165) is 12.4 Å². The number of imidazole rings is 3. The number of nitrogen functional groups attached to an aromatic ring is 1. The monoisotopic (exact) mass is 1040 g/mol. The first kappa shape index (κ1) is 54.9. The van der Waals surface area contributed by atoms with E-state index < -0.39 is 27.2 Å². The van der Waals surface area contributed by atoms with Crippen molar-refractivity contribution in [3.05, 3.63) is 135 Å². The SMILES string of the molecule is CC(C)[C@@H](C)N.CC(C)[C@@H](C)Nc1nc(-c2cnc3ccc(F)cn23)ncc1N.CC(C)[C@@H](C)Nc1nc(-c2cnc3ccc(F)cn23)ncc1[N+](=O)[O-].O=[N+]([O-])c1cnc(-c2cnc3ccc(F)cn23)nc1Cl. The molecule has 388 valence electrons. The van der Waals surface area contributed by atoms with Gasteiger partial charge in [-0.05, 0) is 74.9 Å². The Morgan fingerprint density at radius 3 is 1.24 bits per heavy atom. The number of aromatic nitrogens is 12. The van der Waals surface area contributed by atoms with E-state index in [1.807, 2.05) is 27.7 Å². The number of halogens is 4. The number of nitrogens with zero attached hydrogens (tertiary/aromatic N) is 14. The van der Waals surface area contributed by atoms with Crippen molar-refractivity contribution in [1.29, 1.82) is 0 Å². The Labute approximate surface area is 426 Å². The molecule has 0 aliphatic carbocycles. The molecule has 9 aromatic rings. The van der Waals surface area contributed by atoms with Crippen molar-refractivity contribution in [3.8, 4) is 34.6 Å². The van der Waals surface area contributed by atoms with Crippen molar-refractivity contribution in [2.45, 2.75) is 80.4 Å². The molecule has 0 bridgehead atoms. The fourth-order valence-electron chi connectivity index (χ4n) is 6.09. The average Bonchev–Trinajstić information content (AvgIpc) is 4.09. The van der Waals surface area contributed by atoms with Gasteiger partial charge in [-0.25, -0.2) is 58.0 Å². The van der Waals surface area contributed by atoms with Gasteiger partial charge < -0.3 is 22.1 Å². The van der Waals surface area contributed by atoms with Crippen molar-refractivity contribution < 1.29 is 23.0 Å². The summed E-state index contributed by atoms with van der Waals surface area (Å²) in [5.74, 6) is 1.57. The number of nitro groups is 2. The lowest BCUT2D eigenvalue weighted by Gasteiger charge is -2.19. The minimum Gasteiger partial charge on any atom is -0.394 e. The van der Waals surface area contributed by atoms with Crippen molar-refractivity contribution in [2.75, 3.05) is 16.4 Å². The Morgan fingerprint density at radius 2 is 0.878 bits per heavy atom. The zero-order chi connectivity index (χ0) is 54.1. The molecule has 0 unspecified atom stereocenters. The molecular formula is C48H54ClF3N18O4. The van der Waals surface area contributed by atoms with Crippen LogP contribution in [0.15, 0.2) is 92.2 Å². The second-order valence-electron chi connectivity index (χ2n) is 17.9. The first-order valence-corrected chi connectivity index (χ1v) is 23.4. The van der Waals surface area contributed by atoms with E-state index in [0.29, 0.717) is 69.2 Å². The Balaban J connectivity index is 0.000000172. The largest absolute Gasteiger partial charge is 0.394 e. The molecule has 26 heteroatoms. The van der Waals surface area contributed by atoms with E-state index in [9.17, 15) is 33.4 Å². The Morgan fingerprint density at radius 1 is 0.527 bits per heavy atom. The highest BCUT2D eigenvalue weighted by Crippen LogP contribution is 2.29. The summed E-state index contributed by atoms with van der Waals surface area (Å²) in [6, 6.07) is 9.11. The van der Waals surface area contributed by atoms with Gasteiger partial charge in [0.2, 0.25) is 11.0 Å². The molecule has 74 heavy (non-hydrogen) atoms. The van der Waals surface area contributed by atoms with Gasteiger partial charge in [0.25, 0.3) is 0 Å². The summed E-state index contributed by atoms with van der Waals surface area (Å²) in [7, 11) is 0. The van der Waals surface area contributed by atoms with Crippen molar-refractivity contribution in [2.24, 2.45) is 23.5 Å². The summed E-state index contributed by atoms with van der Waals surface area (Å²) in [4.78, 5) is 58.0. The Bertz CT molecular complexity index is 3410. The van der Waals surface area contributed by atoms with Crippen molar-refractivity contribution in [1.82, 2.24) is 58.1 Å². The summed E-state index contributed by atoms with van der Waals surface area (Å²) in [6.07, 6.45) is 12.1. The van der Waals surface area contributed by atoms with E-state index in [1.165, 1.54) is 70.1 Å². The van der Waals surface area contributed by atoms with E-state index in [1.54, 1.807) is 22.9 Å². The Kier molecular flexibility index (Phi) is 17.7. The lowest BCUT2D eigenvalue weighted by atomic mass is 10.1. The van der Waals surface area contributed by atoms with Gasteiger partial charge in [-0.15, -0.1) is 0 Å². The minimum atomic E-state index is -0.680. The van der Waals surface area contributed by atoms with Gasteiger partial charge in [0.1, 0.15) is 63.9 Å². The molecule has 22 nitrogen and oxygen atoms in total. The zero-order valence-electron chi connectivity index (χ0n) is 41.7. The number of nitrogens with two attached hydrogens (primary N) is 2. The van der Waals surface area contributed by atoms with Gasteiger partial charge in [0, 0.05) is 36.7 Å². The fourth-order valence-corrected chi connectivity index (χ4v) is 6.29. The second kappa shape index (κ2) is 23.8.